The molecule has 0 aliphatic carbocycles. The third kappa shape index (κ3) is 4.09. The number of halogens is 1. The lowest BCUT2D eigenvalue weighted by molar-refractivity contribution is 0.0986. The van der Waals surface area contributed by atoms with Gasteiger partial charge in [-0.05, 0) is 42.8 Å². The van der Waals surface area contributed by atoms with Crippen LogP contribution in [0.4, 0.5) is 5.13 Å². The van der Waals surface area contributed by atoms with Gasteiger partial charge in [-0.1, -0.05) is 39.4 Å². The summed E-state index contributed by atoms with van der Waals surface area (Å²) in [6.45, 7) is 1.39. The molecule has 2 aromatic carbocycles. The lowest BCUT2D eigenvalue weighted by Crippen LogP contribution is -2.32. The average Bonchev–Trinajstić information content (AvgIpc) is 3.34. The number of rotatable bonds is 6. The molecule has 0 aliphatic rings. The van der Waals surface area contributed by atoms with E-state index >= 15 is 0 Å². The summed E-state index contributed by atoms with van der Waals surface area (Å²) >= 11 is 4.96. The Morgan fingerprint density at radius 3 is 2.70 bits per heavy atom. The highest BCUT2D eigenvalue weighted by Gasteiger charge is 2.21. The van der Waals surface area contributed by atoms with Gasteiger partial charge in [-0.2, -0.15) is 0 Å². The number of hydrogen-bond donors (Lipinski definition) is 0. The lowest BCUT2D eigenvalue weighted by Gasteiger charge is -2.20. The molecule has 0 spiro atoms. The molecule has 0 N–H and O–H groups in total. The van der Waals surface area contributed by atoms with Gasteiger partial charge in [0.2, 0.25) is 0 Å². The van der Waals surface area contributed by atoms with Gasteiger partial charge in [0, 0.05) is 35.5 Å². The monoisotopic (exact) mass is 440 g/mol. The van der Waals surface area contributed by atoms with Crippen molar-refractivity contribution in [2.75, 3.05) is 11.4 Å². The summed E-state index contributed by atoms with van der Waals surface area (Å²) < 4.78 is 4.04. The molecule has 0 saturated heterocycles. The second-order valence-electron chi connectivity index (χ2n) is 6.08. The van der Waals surface area contributed by atoms with Crippen LogP contribution in [0.2, 0.25) is 0 Å². The van der Waals surface area contributed by atoms with Crippen LogP contribution in [0.3, 0.4) is 0 Å². The van der Waals surface area contributed by atoms with Crippen LogP contribution in [-0.2, 0) is 6.54 Å². The second-order valence-corrected chi connectivity index (χ2v) is 8.01. The molecule has 27 heavy (non-hydrogen) atoms. The normalized spacial score (nSPS) is 11.0. The summed E-state index contributed by atoms with van der Waals surface area (Å²) in [5.41, 5.74) is 1.57. The molecule has 7 heteroatoms. The second kappa shape index (κ2) is 8.02. The Bertz CT molecular complexity index is 1010. The van der Waals surface area contributed by atoms with Gasteiger partial charge in [-0.25, -0.2) is 9.97 Å². The SMILES string of the molecule is O=C(c1ccc(Br)cc1)N(CCCn1ccnc1)c1nc2ccccc2s1. The maximum atomic E-state index is 13.2. The van der Waals surface area contributed by atoms with E-state index in [0.717, 1.165) is 32.8 Å². The Kier molecular flexibility index (Phi) is 5.31. The van der Waals surface area contributed by atoms with Crippen molar-refractivity contribution < 1.29 is 4.79 Å². The number of imidazole rings is 1. The van der Waals surface area contributed by atoms with Crippen molar-refractivity contribution in [2.45, 2.75) is 13.0 Å². The number of thiazole rings is 1. The zero-order valence-electron chi connectivity index (χ0n) is 14.5. The maximum absolute atomic E-state index is 13.2. The molecular weight excluding hydrogens is 424 g/mol. The third-order valence-corrected chi connectivity index (χ3v) is 5.80. The van der Waals surface area contributed by atoms with Crippen LogP contribution in [0.5, 0.6) is 0 Å². The summed E-state index contributed by atoms with van der Waals surface area (Å²) in [7, 11) is 0. The first-order valence-corrected chi connectivity index (χ1v) is 10.2. The van der Waals surface area contributed by atoms with Gasteiger partial charge < -0.3 is 4.57 Å². The van der Waals surface area contributed by atoms with Gasteiger partial charge in [-0.3, -0.25) is 9.69 Å². The number of aryl methyl sites for hydroxylation is 1. The van der Waals surface area contributed by atoms with E-state index in [1.54, 1.807) is 28.8 Å². The number of anilines is 1. The highest BCUT2D eigenvalue weighted by molar-refractivity contribution is 9.10. The lowest BCUT2D eigenvalue weighted by atomic mass is 10.2. The van der Waals surface area contributed by atoms with E-state index < -0.39 is 0 Å². The van der Waals surface area contributed by atoms with Crippen molar-refractivity contribution in [1.82, 2.24) is 14.5 Å². The van der Waals surface area contributed by atoms with Crippen molar-refractivity contribution in [3.63, 3.8) is 0 Å². The van der Waals surface area contributed by atoms with E-state index in [1.165, 1.54) is 0 Å². The van der Waals surface area contributed by atoms with Crippen molar-refractivity contribution in [3.05, 3.63) is 77.3 Å². The fourth-order valence-electron chi connectivity index (χ4n) is 2.84. The number of amides is 1. The number of aromatic nitrogens is 3. The number of nitrogens with zero attached hydrogens (tertiary/aromatic N) is 4. The molecule has 0 radical (unpaired) electrons. The Morgan fingerprint density at radius 1 is 1.15 bits per heavy atom. The average molecular weight is 441 g/mol. The summed E-state index contributed by atoms with van der Waals surface area (Å²) in [6.07, 6.45) is 6.30. The zero-order chi connectivity index (χ0) is 18.6. The van der Waals surface area contributed by atoms with Crippen LogP contribution in [0.1, 0.15) is 16.8 Å². The van der Waals surface area contributed by atoms with Gasteiger partial charge in [0.1, 0.15) is 0 Å². The van der Waals surface area contributed by atoms with Crippen molar-refractivity contribution in [3.8, 4) is 0 Å². The van der Waals surface area contributed by atoms with Crippen LogP contribution in [0.15, 0.2) is 71.7 Å². The molecule has 0 bridgehead atoms. The minimum atomic E-state index is -0.0350. The number of carbonyl (C=O) groups is 1. The fourth-order valence-corrected chi connectivity index (χ4v) is 4.09. The summed E-state index contributed by atoms with van der Waals surface area (Å²) in [4.78, 5) is 23.7. The molecule has 0 saturated carbocycles. The first kappa shape index (κ1) is 17.9. The van der Waals surface area contributed by atoms with Gasteiger partial charge >= 0.3 is 0 Å². The Hall–Kier alpha value is -2.51. The molecule has 0 atom stereocenters. The van der Waals surface area contributed by atoms with Crippen LogP contribution in [0, 0.1) is 0 Å². The molecule has 4 rings (SSSR count). The Balaban J connectivity index is 1.61. The molecule has 0 unspecified atom stereocenters. The van der Waals surface area contributed by atoms with E-state index in [-0.39, 0.29) is 5.91 Å². The largest absolute Gasteiger partial charge is 0.337 e. The minimum absolute atomic E-state index is 0.0350. The Morgan fingerprint density at radius 2 is 1.96 bits per heavy atom. The van der Waals surface area contributed by atoms with Crippen molar-refractivity contribution in [2.24, 2.45) is 0 Å². The predicted octanol–water partition coefficient (Wildman–Crippen LogP) is 4.99. The molecule has 1 amide bonds. The van der Waals surface area contributed by atoms with Crippen molar-refractivity contribution in [1.29, 1.82) is 0 Å². The fraction of sp³-hybridized carbons (Fsp3) is 0.150. The van der Waals surface area contributed by atoms with Gasteiger partial charge in [0.05, 0.1) is 16.5 Å². The number of fused-ring (bicyclic) bond motifs is 1. The van der Waals surface area contributed by atoms with E-state index in [0.29, 0.717) is 12.1 Å². The van der Waals surface area contributed by atoms with Crippen LogP contribution >= 0.6 is 27.3 Å². The van der Waals surface area contributed by atoms with E-state index in [1.807, 2.05) is 59.3 Å². The number of para-hydroxylation sites is 1. The topological polar surface area (TPSA) is 51.0 Å². The van der Waals surface area contributed by atoms with Gasteiger partial charge in [0.25, 0.3) is 5.91 Å². The maximum Gasteiger partial charge on any atom is 0.260 e. The molecule has 2 heterocycles. The van der Waals surface area contributed by atoms with Crippen LogP contribution < -0.4 is 4.90 Å². The van der Waals surface area contributed by atoms with Crippen LogP contribution in [-0.4, -0.2) is 27.0 Å². The molecule has 5 nitrogen and oxygen atoms in total. The quantitative estimate of drug-likeness (QED) is 0.424. The summed E-state index contributed by atoms with van der Waals surface area (Å²) in [5.74, 6) is -0.0350. The standard InChI is InChI=1S/C20H17BrN4OS/c21-16-8-6-15(7-9-16)19(26)25(12-3-11-24-13-10-22-14-24)20-23-17-4-1-2-5-18(17)27-20/h1-2,4-10,13-14H,3,11-12H2. The Labute approximate surface area is 169 Å². The third-order valence-electron chi connectivity index (χ3n) is 4.21. The van der Waals surface area contributed by atoms with Gasteiger partial charge in [0.15, 0.2) is 5.13 Å². The van der Waals surface area contributed by atoms with Gasteiger partial charge in [-0.15, -0.1) is 0 Å². The highest BCUT2D eigenvalue weighted by Crippen LogP contribution is 2.30. The van der Waals surface area contributed by atoms with Crippen molar-refractivity contribution >= 4 is 48.5 Å². The molecule has 2 aromatic heterocycles. The summed E-state index contributed by atoms with van der Waals surface area (Å²) in [5, 5.41) is 0.731. The predicted molar refractivity (Wildman–Crippen MR) is 112 cm³/mol. The van der Waals surface area contributed by atoms with Crippen LogP contribution in [0.25, 0.3) is 10.2 Å². The molecular formula is C20H17BrN4OS. The van der Waals surface area contributed by atoms with E-state index in [4.69, 9.17) is 0 Å². The number of hydrogen-bond acceptors (Lipinski definition) is 4. The smallest absolute Gasteiger partial charge is 0.260 e. The molecule has 136 valence electrons. The highest BCUT2D eigenvalue weighted by atomic mass is 79.9. The molecule has 0 aliphatic heterocycles. The zero-order valence-corrected chi connectivity index (χ0v) is 16.9. The number of benzene rings is 2. The summed E-state index contributed by atoms with van der Waals surface area (Å²) in [6, 6.07) is 15.4. The first-order chi connectivity index (χ1) is 13.2. The molecule has 4 aromatic rings. The first-order valence-electron chi connectivity index (χ1n) is 8.59. The van der Waals surface area contributed by atoms with E-state index in [2.05, 4.69) is 25.9 Å². The minimum Gasteiger partial charge on any atom is -0.337 e. The number of carbonyl (C=O) groups excluding carboxylic acids is 1. The molecule has 0 fully saturated rings. The van der Waals surface area contributed by atoms with E-state index in [9.17, 15) is 4.79 Å².